The van der Waals surface area contributed by atoms with Gasteiger partial charge in [-0.25, -0.2) is 0 Å². The second-order valence-electron chi connectivity index (χ2n) is 4.66. The van der Waals surface area contributed by atoms with Crippen LogP contribution in [-0.2, 0) is 17.6 Å². The SMILES string of the molecule is O=C(O)Cc1sccc1C1CCc2ccccc21. The van der Waals surface area contributed by atoms with Crippen LogP contribution < -0.4 is 0 Å². The number of carboxylic acid groups (broad SMARTS) is 1. The highest BCUT2D eigenvalue weighted by Gasteiger charge is 2.26. The van der Waals surface area contributed by atoms with Crippen LogP contribution in [0, 0.1) is 0 Å². The lowest BCUT2D eigenvalue weighted by molar-refractivity contribution is -0.136. The van der Waals surface area contributed by atoms with Gasteiger partial charge in [0.25, 0.3) is 0 Å². The van der Waals surface area contributed by atoms with Crippen LogP contribution in [0.25, 0.3) is 0 Å². The highest BCUT2D eigenvalue weighted by molar-refractivity contribution is 7.10. The molecule has 2 aromatic rings. The van der Waals surface area contributed by atoms with Crippen LogP contribution in [-0.4, -0.2) is 11.1 Å². The van der Waals surface area contributed by atoms with E-state index in [9.17, 15) is 4.79 Å². The summed E-state index contributed by atoms with van der Waals surface area (Å²) in [4.78, 5) is 11.9. The summed E-state index contributed by atoms with van der Waals surface area (Å²) in [7, 11) is 0. The van der Waals surface area contributed by atoms with E-state index in [0.29, 0.717) is 5.92 Å². The van der Waals surface area contributed by atoms with Gasteiger partial charge in [0.05, 0.1) is 6.42 Å². The average molecular weight is 258 g/mol. The van der Waals surface area contributed by atoms with Crippen LogP contribution in [0.5, 0.6) is 0 Å². The molecule has 92 valence electrons. The molecule has 1 atom stereocenters. The lowest BCUT2D eigenvalue weighted by Crippen LogP contribution is -2.03. The van der Waals surface area contributed by atoms with Gasteiger partial charge < -0.3 is 5.11 Å². The van der Waals surface area contributed by atoms with Gasteiger partial charge in [-0.15, -0.1) is 11.3 Å². The molecule has 0 spiro atoms. The third-order valence-electron chi connectivity index (χ3n) is 3.60. The molecule has 1 aliphatic rings. The summed E-state index contributed by atoms with van der Waals surface area (Å²) < 4.78 is 0. The van der Waals surface area contributed by atoms with E-state index in [1.807, 2.05) is 5.38 Å². The van der Waals surface area contributed by atoms with Crippen molar-refractivity contribution in [3.8, 4) is 0 Å². The zero-order valence-electron chi connectivity index (χ0n) is 9.93. The van der Waals surface area contributed by atoms with Crippen LogP contribution in [0.3, 0.4) is 0 Å². The zero-order valence-corrected chi connectivity index (χ0v) is 10.7. The number of carbonyl (C=O) groups is 1. The van der Waals surface area contributed by atoms with Crippen molar-refractivity contribution < 1.29 is 9.90 Å². The Morgan fingerprint density at radius 3 is 2.94 bits per heavy atom. The van der Waals surface area contributed by atoms with Gasteiger partial charge in [-0.1, -0.05) is 24.3 Å². The number of benzene rings is 1. The van der Waals surface area contributed by atoms with Crippen molar-refractivity contribution in [2.24, 2.45) is 0 Å². The zero-order chi connectivity index (χ0) is 12.5. The summed E-state index contributed by atoms with van der Waals surface area (Å²) in [6.45, 7) is 0. The molecular formula is C15H14O2S. The predicted molar refractivity (Wildman–Crippen MR) is 72.3 cm³/mol. The smallest absolute Gasteiger partial charge is 0.308 e. The maximum absolute atomic E-state index is 10.9. The predicted octanol–water partition coefficient (Wildman–Crippen LogP) is 3.45. The molecule has 0 saturated heterocycles. The molecule has 1 unspecified atom stereocenters. The molecular weight excluding hydrogens is 244 g/mol. The van der Waals surface area contributed by atoms with Gasteiger partial charge in [0, 0.05) is 10.8 Å². The Balaban J connectivity index is 1.98. The molecule has 1 aliphatic carbocycles. The quantitative estimate of drug-likeness (QED) is 0.915. The maximum Gasteiger partial charge on any atom is 0.308 e. The number of hydrogen-bond acceptors (Lipinski definition) is 2. The fourth-order valence-corrected chi connectivity index (χ4v) is 3.75. The first kappa shape index (κ1) is 11.5. The van der Waals surface area contributed by atoms with Crippen molar-refractivity contribution in [3.05, 3.63) is 57.3 Å². The van der Waals surface area contributed by atoms with Crippen molar-refractivity contribution in [1.82, 2.24) is 0 Å². The van der Waals surface area contributed by atoms with E-state index < -0.39 is 5.97 Å². The Morgan fingerprint density at radius 2 is 2.11 bits per heavy atom. The Morgan fingerprint density at radius 1 is 1.28 bits per heavy atom. The van der Waals surface area contributed by atoms with Crippen molar-refractivity contribution in [2.45, 2.75) is 25.2 Å². The molecule has 2 nitrogen and oxygen atoms in total. The van der Waals surface area contributed by atoms with E-state index in [1.54, 1.807) is 11.3 Å². The largest absolute Gasteiger partial charge is 0.481 e. The first-order valence-electron chi connectivity index (χ1n) is 6.11. The molecule has 1 aromatic heterocycles. The van der Waals surface area contributed by atoms with Gasteiger partial charge in [0.1, 0.15) is 0 Å². The van der Waals surface area contributed by atoms with Gasteiger partial charge in [0.2, 0.25) is 0 Å². The van der Waals surface area contributed by atoms with Crippen molar-refractivity contribution in [3.63, 3.8) is 0 Å². The molecule has 1 N–H and O–H groups in total. The molecule has 0 amide bonds. The topological polar surface area (TPSA) is 37.3 Å². The normalized spacial score (nSPS) is 17.7. The van der Waals surface area contributed by atoms with E-state index >= 15 is 0 Å². The van der Waals surface area contributed by atoms with E-state index in [-0.39, 0.29) is 6.42 Å². The molecule has 0 radical (unpaired) electrons. The van der Waals surface area contributed by atoms with Crippen LogP contribution in [0.4, 0.5) is 0 Å². The molecule has 1 heterocycles. The molecule has 0 fully saturated rings. The number of aryl methyl sites for hydroxylation is 1. The molecule has 0 bridgehead atoms. The Bertz CT molecular complexity index is 586. The number of thiophene rings is 1. The number of hydrogen-bond donors (Lipinski definition) is 1. The van der Waals surface area contributed by atoms with E-state index in [1.165, 1.54) is 16.7 Å². The first-order chi connectivity index (χ1) is 8.75. The minimum absolute atomic E-state index is 0.145. The fraction of sp³-hybridized carbons (Fsp3) is 0.267. The standard InChI is InChI=1S/C15H14O2S/c16-15(17)9-14-13(7-8-18-14)12-6-5-10-3-1-2-4-11(10)12/h1-4,7-8,12H,5-6,9H2,(H,16,17). The third-order valence-corrected chi connectivity index (χ3v) is 4.54. The van der Waals surface area contributed by atoms with E-state index in [4.69, 9.17) is 5.11 Å². The Labute approximate surface area is 110 Å². The van der Waals surface area contributed by atoms with E-state index in [2.05, 4.69) is 30.3 Å². The van der Waals surface area contributed by atoms with Crippen LogP contribution >= 0.6 is 11.3 Å². The van der Waals surface area contributed by atoms with Gasteiger partial charge in [0.15, 0.2) is 0 Å². The molecule has 0 saturated carbocycles. The summed E-state index contributed by atoms with van der Waals surface area (Å²) in [5.41, 5.74) is 4.00. The summed E-state index contributed by atoms with van der Waals surface area (Å²) in [6, 6.07) is 10.6. The summed E-state index contributed by atoms with van der Waals surface area (Å²) in [6.07, 6.45) is 2.34. The summed E-state index contributed by atoms with van der Waals surface area (Å²) >= 11 is 1.56. The number of fused-ring (bicyclic) bond motifs is 1. The van der Waals surface area contributed by atoms with Crippen molar-refractivity contribution in [2.75, 3.05) is 0 Å². The highest BCUT2D eigenvalue weighted by Crippen LogP contribution is 2.40. The number of aliphatic carboxylic acids is 1. The van der Waals surface area contributed by atoms with Crippen molar-refractivity contribution >= 4 is 17.3 Å². The molecule has 18 heavy (non-hydrogen) atoms. The second kappa shape index (κ2) is 4.58. The van der Waals surface area contributed by atoms with Gasteiger partial charge in [-0.3, -0.25) is 4.79 Å². The molecule has 1 aromatic carbocycles. The minimum Gasteiger partial charge on any atom is -0.481 e. The minimum atomic E-state index is -0.745. The Kier molecular flexibility index (Phi) is 2.92. The highest BCUT2D eigenvalue weighted by atomic mass is 32.1. The van der Waals surface area contributed by atoms with Crippen LogP contribution in [0.1, 0.15) is 33.9 Å². The Hall–Kier alpha value is -1.61. The van der Waals surface area contributed by atoms with Gasteiger partial charge >= 0.3 is 5.97 Å². The first-order valence-corrected chi connectivity index (χ1v) is 6.99. The van der Waals surface area contributed by atoms with Crippen LogP contribution in [0.2, 0.25) is 0 Å². The number of carboxylic acids is 1. The average Bonchev–Trinajstić information content (AvgIpc) is 2.94. The lowest BCUT2D eigenvalue weighted by atomic mass is 9.93. The molecule has 3 rings (SSSR count). The van der Waals surface area contributed by atoms with Gasteiger partial charge in [-0.2, -0.15) is 0 Å². The third kappa shape index (κ3) is 1.95. The summed E-state index contributed by atoms with van der Waals surface area (Å²) in [5, 5.41) is 11.0. The van der Waals surface area contributed by atoms with Crippen molar-refractivity contribution in [1.29, 1.82) is 0 Å². The number of rotatable bonds is 3. The van der Waals surface area contributed by atoms with Crippen LogP contribution in [0.15, 0.2) is 35.7 Å². The fourth-order valence-electron chi connectivity index (χ4n) is 2.82. The molecule has 3 heteroatoms. The van der Waals surface area contributed by atoms with E-state index in [0.717, 1.165) is 17.7 Å². The summed E-state index contributed by atoms with van der Waals surface area (Å²) in [5.74, 6) is -0.355. The lowest BCUT2D eigenvalue weighted by Gasteiger charge is -2.12. The van der Waals surface area contributed by atoms with Gasteiger partial charge in [-0.05, 0) is 41.0 Å². The monoisotopic (exact) mass is 258 g/mol. The maximum atomic E-state index is 10.9. The second-order valence-corrected chi connectivity index (χ2v) is 5.66. The molecule has 0 aliphatic heterocycles.